The molecule has 1 aliphatic rings. The standard InChI is InChI=1S/C24H24Cl3NO3/c1-3-17-7-11-19(12-8-17)24(30,20-13-9-18(4-2)10-14-20)21-6-5-15-28(21)22(29)31-16-23(25,26)27/h3-4,7-14,21,30H,1-2,5-6,15-16H2/t21-/m0/s1. The van der Waals surface area contributed by atoms with E-state index in [0.717, 1.165) is 11.1 Å². The summed E-state index contributed by atoms with van der Waals surface area (Å²) in [6, 6.07) is 14.4. The fourth-order valence-corrected chi connectivity index (χ4v) is 4.11. The SMILES string of the molecule is C=Cc1ccc(C(O)(c2ccc(C=C)cc2)[C@@H]2CCCN2C(=O)OCC(Cl)(Cl)Cl)cc1. The van der Waals surface area contributed by atoms with Crippen molar-refractivity contribution in [1.82, 2.24) is 4.90 Å². The monoisotopic (exact) mass is 479 g/mol. The quantitative estimate of drug-likeness (QED) is 0.502. The largest absolute Gasteiger partial charge is 0.445 e. The predicted octanol–water partition coefficient (Wildman–Crippen LogP) is 6.18. The van der Waals surface area contributed by atoms with Crippen LogP contribution in [0.25, 0.3) is 12.2 Å². The van der Waals surface area contributed by atoms with Gasteiger partial charge in [-0.15, -0.1) is 0 Å². The molecule has 1 saturated heterocycles. The van der Waals surface area contributed by atoms with Crippen LogP contribution in [0, 0.1) is 0 Å². The van der Waals surface area contributed by atoms with Gasteiger partial charge in [0.2, 0.25) is 3.79 Å². The van der Waals surface area contributed by atoms with Gasteiger partial charge in [-0.2, -0.15) is 0 Å². The summed E-state index contributed by atoms with van der Waals surface area (Å²) in [6.07, 6.45) is 4.14. The zero-order chi connectivity index (χ0) is 22.6. The summed E-state index contributed by atoms with van der Waals surface area (Å²) in [4.78, 5) is 14.3. The summed E-state index contributed by atoms with van der Waals surface area (Å²) in [7, 11) is 0. The van der Waals surface area contributed by atoms with E-state index in [2.05, 4.69) is 13.2 Å². The summed E-state index contributed by atoms with van der Waals surface area (Å²) in [5, 5.41) is 12.1. The minimum atomic E-state index is -1.71. The molecule has 7 heteroatoms. The molecule has 31 heavy (non-hydrogen) atoms. The number of nitrogens with zero attached hydrogens (tertiary/aromatic N) is 1. The maximum absolute atomic E-state index is 12.8. The number of halogens is 3. The molecule has 1 N–H and O–H groups in total. The van der Waals surface area contributed by atoms with Gasteiger partial charge in [0.25, 0.3) is 0 Å². The maximum atomic E-state index is 12.8. The summed E-state index contributed by atoms with van der Waals surface area (Å²) < 4.78 is 3.51. The van der Waals surface area contributed by atoms with Crippen molar-refractivity contribution in [2.75, 3.05) is 13.2 Å². The number of carbonyl (C=O) groups is 1. The lowest BCUT2D eigenvalue weighted by Gasteiger charge is -2.39. The van der Waals surface area contributed by atoms with E-state index in [4.69, 9.17) is 39.5 Å². The Labute approximate surface area is 197 Å². The lowest BCUT2D eigenvalue weighted by molar-refractivity contribution is -0.00529. The molecule has 1 atom stereocenters. The van der Waals surface area contributed by atoms with Crippen LogP contribution in [0.5, 0.6) is 0 Å². The molecule has 0 unspecified atom stereocenters. The van der Waals surface area contributed by atoms with Crippen molar-refractivity contribution >= 4 is 53.0 Å². The van der Waals surface area contributed by atoms with E-state index < -0.39 is 21.5 Å². The normalized spacial score (nSPS) is 16.8. The van der Waals surface area contributed by atoms with Crippen LogP contribution in [-0.2, 0) is 10.3 Å². The van der Waals surface area contributed by atoms with Crippen LogP contribution in [-0.4, -0.2) is 39.1 Å². The summed E-state index contributed by atoms with van der Waals surface area (Å²) in [5.74, 6) is 0. The van der Waals surface area contributed by atoms with Gasteiger partial charge in [0, 0.05) is 6.54 Å². The van der Waals surface area contributed by atoms with Crippen LogP contribution in [0.15, 0.2) is 61.7 Å². The fourth-order valence-electron chi connectivity index (χ4n) is 3.94. The smallest absolute Gasteiger partial charge is 0.410 e. The first kappa shape index (κ1) is 23.7. The average molecular weight is 481 g/mol. The van der Waals surface area contributed by atoms with Crippen LogP contribution in [0.4, 0.5) is 4.79 Å². The van der Waals surface area contributed by atoms with Gasteiger partial charge in [0.1, 0.15) is 12.2 Å². The number of hydrogen-bond acceptors (Lipinski definition) is 3. The molecule has 1 amide bonds. The zero-order valence-corrected chi connectivity index (χ0v) is 19.2. The highest BCUT2D eigenvalue weighted by atomic mass is 35.6. The number of rotatable bonds is 6. The maximum Gasteiger partial charge on any atom is 0.410 e. The van der Waals surface area contributed by atoms with E-state index >= 15 is 0 Å². The van der Waals surface area contributed by atoms with E-state index in [1.807, 2.05) is 48.5 Å². The number of alkyl halides is 3. The van der Waals surface area contributed by atoms with Crippen molar-refractivity contribution in [3.8, 4) is 0 Å². The lowest BCUT2D eigenvalue weighted by Crippen LogP contribution is -2.51. The minimum absolute atomic E-state index is 0.375. The number of likely N-dealkylation sites (tertiary alicyclic amines) is 1. The van der Waals surface area contributed by atoms with Gasteiger partial charge in [-0.3, -0.25) is 0 Å². The van der Waals surface area contributed by atoms with Crippen LogP contribution < -0.4 is 0 Å². The summed E-state index contributed by atoms with van der Waals surface area (Å²) in [5.41, 5.74) is 1.72. The van der Waals surface area contributed by atoms with Gasteiger partial charge < -0.3 is 14.7 Å². The number of ether oxygens (including phenoxy) is 1. The van der Waals surface area contributed by atoms with Crippen molar-refractivity contribution in [2.45, 2.75) is 28.3 Å². The highest BCUT2D eigenvalue weighted by Gasteiger charge is 2.48. The molecule has 0 aliphatic carbocycles. The van der Waals surface area contributed by atoms with Crippen molar-refractivity contribution in [3.63, 3.8) is 0 Å². The third-order valence-corrected chi connectivity index (χ3v) is 5.83. The van der Waals surface area contributed by atoms with E-state index in [-0.39, 0.29) is 6.61 Å². The molecular formula is C24H24Cl3NO3. The second-order valence-electron chi connectivity index (χ2n) is 7.44. The van der Waals surface area contributed by atoms with Gasteiger partial charge in [0.15, 0.2) is 0 Å². The van der Waals surface area contributed by atoms with Gasteiger partial charge >= 0.3 is 6.09 Å². The van der Waals surface area contributed by atoms with Crippen LogP contribution in [0.3, 0.4) is 0 Å². The first-order valence-electron chi connectivity index (χ1n) is 9.87. The molecule has 1 heterocycles. The molecular weight excluding hydrogens is 457 g/mol. The van der Waals surface area contributed by atoms with Gasteiger partial charge in [0.05, 0.1) is 6.04 Å². The van der Waals surface area contributed by atoms with Gasteiger partial charge in [-0.05, 0) is 35.1 Å². The van der Waals surface area contributed by atoms with E-state index in [1.165, 1.54) is 4.90 Å². The highest BCUT2D eigenvalue weighted by molar-refractivity contribution is 6.67. The first-order chi connectivity index (χ1) is 14.7. The Kier molecular flexibility index (Phi) is 7.38. The molecule has 0 saturated carbocycles. The Bertz CT molecular complexity index is 885. The fraction of sp³-hybridized carbons (Fsp3) is 0.292. The molecule has 4 nitrogen and oxygen atoms in total. The number of amides is 1. The Morgan fingerprint density at radius 2 is 1.52 bits per heavy atom. The zero-order valence-electron chi connectivity index (χ0n) is 16.9. The Balaban J connectivity index is 2.02. The number of carbonyl (C=O) groups excluding carboxylic acids is 1. The van der Waals surface area contributed by atoms with Crippen molar-refractivity contribution < 1.29 is 14.6 Å². The first-order valence-corrected chi connectivity index (χ1v) is 11.0. The van der Waals surface area contributed by atoms with Crippen molar-refractivity contribution in [1.29, 1.82) is 0 Å². The molecule has 0 radical (unpaired) electrons. The molecule has 2 aromatic carbocycles. The van der Waals surface area contributed by atoms with E-state index in [0.29, 0.717) is 30.5 Å². The lowest BCUT2D eigenvalue weighted by atomic mass is 9.78. The molecule has 0 spiro atoms. The average Bonchev–Trinajstić information content (AvgIpc) is 3.27. The Morgan fingerprint density at radius 3 is 1.94 bits per heavy atom. The topological polar surface area (TPSA) is 49.8 Å². The van der Waals surface area contributed by atoms with Gasteiger partial charge in [-0.25, -0.2) is 4.79 Å². The number of benzene rings is 2. The molecule has 0 bridgehead atoms. The summed E-state index contributed by atoms with van der Waals surface area (Å²) >= 11 is 17.2. The molecule has 164 valence electrons. The molecule has 3 rings (SSSR count). The Hall–Kier alpha value is -1.98. The van der Waals surface area contributed by atoms with Gasteiger partial charge in [-0.1, -0.05) is 109 Å². The molecule has 1 aliphatic heterocycles. The molecule has 2 aromatic rings. The molecule has 1 fully saturated rings. The third-order valence-electron chi connectivity index (χ3n) is 5.50. The molecule has 0 aromatic heterocycles. The van der Waals surface area contributed by atoms with E-state index in [1.54, 1.807) is 12.2 Å². The van der Waals surface area contributed by atoms with Crippen molar-refractivity contribution in [2.24, 2.45) is 0 Å². The Morgan fingerprint density at radius 1 is 1.03 bits per heavy atom. The minimum Gasteiger partial charge on any atom is -0.445 e. The van der Waals surface area contributed by atoms with Crippen LogP contribution >= 0.6 is 34.8 Å². The van der Waals surface area contributed by atoms with Crippen molar-refractivity contribution in [3.05, 3.63) is 83.9 Å². The van der Waals surface area contributed by atoms with Crippen LogP contribution in [0.2, 0.25) is 0 Å². The number of aliphatic hydroxyl groups is 1. The second-order valence-corrected chi connectivity index (χ2v) is 9.96. The third kappa shape index (κ3) is 5.27. The second kappa shape index (κ2) is 9.66. The summed E-state index contributed by atoms with van der Waals surface area (Å²) in [6.45, 7) is 7.62. The van der Waals surface area contributed by atoms with Crippen LogP contribution in [0.1, 0.15) is 35.1 Å². The predicted molar refractivity (Wildman–Crippen MR) is 127 cm³/mol. The highest BCUT2D eigenvalue weighted by Crippen LogP contribution is 2.41. The van der Waals surface area contributed by atoms with E-state index in [9.17, 15) is 9.90 Å². The number of hydrogen-bond donors (Lipinski definition) is 1.